The summed E-state index contributed by atoms with van der Waals surface area (Å²) in [7, 11) is 4.46. The first-order valence-electron chi connectivity index (χ1n) is 6.75. The molecule has 3 heteroatoms. The van der Waals surface area contributed by atoms with E-state index in [2.05, 4.69) is 20.2 Å². The van der Waals surface area contributed by atoms with Crippen LogP contribution in [0.1, 0.15) is 44.6 Å². The fourth-order valence-corrected chi connectivity index (χ4v) is 3.17. The van der Waals surface area contributed by atoms with Crippen molar-refractivity contribution in [2.45, 2.75) is 39.0 Å². The molecule has 2 nitrogen and oxygen atoms in total. The van der Waals surface area contributed by atoms with Gasteiger partial charge < -0.3 is 10.0 Å². The number of rotatable bonds is 3. The van der Waals surface area contributed by atoms with E-state index in [0.29, 0.717) is 11.7 Å². The molecule has 2 unspecified atom stereocenters. The molecule has 2 N–H and O–H groups in total. The number of benzene rings is 1. The lowest BCUT2D eigenvalue weighted by molar-refractivity contribution is -0.862. The summed E-state index contributed by atoms with van der Waals surface area (Å²) in [5.74, 6) is 1.82. The largest absolute Gasteiger partial charge is 0.508 e. The average Bonchev–Trinajstić information content (AvgIpc) is 2.29. The molecule has 1 saturated carbocycles. The Balaban J connectivity index is 0.00000162. The van der Waals surface area contributed by atoms with Gasteiger partial charge in [-0.1, -0.05) is 32.4 Å². The predicted octanol–water partition coefficient (Wildman–Crippen LogP) is 2.87. The second kappa shape index (κ2) is 8.44. The highest BCUT2D eigenvalue weighted by atomic mass is 35.5. The summed E-state index contributed by atoms with van der Waals surface area (Å²) >= 11 is 0. The Morgan fingerprint density at radius 1 is 1.21 bits per heavy atom. The average molecular weight is 287 g/mol. The normalized spacial score (nSPS) is 22.5. The van der Waals surface area contributed by atoms with Crippen molar-refractivity contribution in [3.05, 3.63) is 29.8 Å². The molecule has 1 aromatic rings. The summed E-state index contributed by atoms with van der Waals surface area (Å²) in [6.07, 6.45) is 5.32. The summed E-state index contributed by atoms with van der Waals surface area (Å²) in [5, 5.41) is 9.61. The summed E-state index contributed by atoms with van der Waals surface area (Å²) in [4.78, 5) is 1.53. The van der Waals surface area contributed by atoms with Crippen LogP contribution in [0, 0.1) is 5.92 Å². The molecule has 0 aromatic heterocycles. The molecular weight excluding hydrogens is 258 g/mol. The highest BCUT2D eigenvalue weighted by molar-refractivity contribution is 5.85. The molecule has 110 valence electrons. The van der Waals surface area contributed by atoms with Gasteiger partial charge in [-0.05, 0) is 36.5 Å². The molecule has 0 saturated heterocycles. The van der Waals surface area contributed by atoms with Gasteiger partial charge in [-0.3, -0.25) is 0 Å². The van der Waals surface area contributed by atoms with Gasteiger partial charge in [0.1, 0.15) is 5.75 Å². The first-order chi connectivity index (χ1) is 8.16. The summed E-state index contributed by atoms with van der Waals surface area (Å²) < 4.78 is 0. The molecule has 19 heavy (non-hydrogen) atoms. The third-order valence-electron chi connectivity index (χ3n) is 3.88. The summed E-state index contributed by atoms with van der Waals surface area (Å²) in [6.45, 7) is 1.24. The van der Waals surface area contributed by atoms with E-state index in [1.807, 2.05) is 12.1 Å². The van der Waals surface area contributed by atoms with Crippen molar-refractivity contribution in [3.8, 4) is 5.75 Å². The van der Waals surface area contributed by atoms with Crippen LogP contribution < -0.4 is 4.90 Å². The zero-order valence-electron chi connectivity index (χ0n) is 11.4. The number of hydrogen-bond acceptors (Lipinski definition) is 1. The molecule has 0 bridgehead atoms. The van der Waals surface area contributed by atoms with E-state index < -0.39 is 0 Å². The van der Waals surface area contributed by atoms with Crippen LogP contribution in [-0.2, 0) is 0 Å². The summed E-state index contributed by atoms with van der Waals surface area (Å²) in [5.41, 5.74) is 1.33. The Labute approximate surface area is 124 Å². The Morgan fingerprint density at radius 3 is 2.53 bits per heavy atom. The van der Waals surface area contributed by atoms with Crippen molar-refractivity contribution in [2.24, 2.45) is 5.92 Å². The Kier molecular flexibility index (Phi) is 8.12. The van der Waals surface area contributed by atoms with Gasteiger partial charge in [0, 0.05) is 5.92 Å². The summed E-state index contributed by atoms with van der Waals surface area (Å²) in [6, 6.07) is 7.86. The van der Waals surface area contributed by atoms with Crippen LogP contribution in [0.2, 0.25) is 0 Å². The first-order valence-corrected chi connectivity index (χ1v) is 6.75. The standard InChI is InChI=1S/C15H23NO.CH4.ClH/c1-16(2)11-13-6-3-4-9-15(13)12-7-5-8-14(17)10-12;;/h5,7-8,10,13,15,17H,3-4,6,9,11H2,1-2H3;1H4;1H/p+1. The first kappa shape index (κ1) is 18.3. The van der Waals surface area contributed by atoms with E-state index in [1.54, 1.807) is 6.07 Å². The second-order valence-corrected chi connectivity index (χ2v) is 5.66. The molecule has 0 spiro atoms. The quantitative estimate of drug-likeness (QED) is 0.877. The molecule has 2 atom stereocenters. The zero-order chi connectivity index (χ0) is 12.3. The number of hydrogen-bond donors (Lipinski definition) is 2. The van der Waals surface area contributed by atoms with Crippen molar-refractivity contribution in [1.82, 2.24) is 0 Å². The lowest BCUT2D eigenvalue weighted by atomic mass is 9.75. The maximum atomic E-state index is 9.61. The van der Waals surface area contributed by atoms with Crippen molar-refractivity contribution in [2.75, 3.05) is 20.6 Å². The van der Waals surface area contributed by atoms with Crippen LogP contribution >= 0.6 is 12.4 Å². The van der Waals surface area contributed by atoms with Crippen molar-refractivity contribution >= 4 is 12.4 Å². The van der Waals surface area contributed by atoms with Gasteiger partial charge in [-0.2, -0.15) is 0 Å². The van der Waals surface area contributed by atoms with E-state index in [9.17, 15) is 5.11 Å². The van der Waals surface area contributed by atoms with E-state index in [1.165, 1.54) is 42.7 Å². The van der Waals surface area contributed by atoms with Crippen LogP contribution in [0.4, 0.5) is 0 Å². The monoisotopic (exact) mass is 286 g/mol. The van der Waals surface area contributed by atoms with E-state index >= 15 is 0 Å². The van der Waals surface area contributed by atoms with Crippen LogP contribution in [-0.4, -0.2) is 25.7 Å². The minimum Gasteiger partial charge on any atom is -0.508 e. The lowest BCUT2D eigenvalue weighted by Gasteiger charge is -2.32. The van der Waals surface area contributed by atoms with Gasteiger partial charge in [-0.15, -0.1) is 12.4 Å². The SMILES string of the molecule is C.C[NH+](C)CC1CCCCC1c1cccc(O)c1.Cl. The van der Waals surface area contributed by atoms with Gasteiger partial charge in [0.05, 0.1) is 20.6 Å². The Hall–Kier alpha value is -0.730. The molecule has 1 aliphatic rings. The van der Waals surface area contributed by atoms with Gasteiger partial charge in [0.25, 0.3) is 0 Å². The number of aromatic hydroxyl groups is 1. The molecule has 0 heterocycles. The fourth-order valence-electron chi connectivity index (χ4n) is 3.17. The highest BCUT2D eigenvalue weighted by Crippen LogP contribution is 2.37. The second-order valence-electron chi connectivity index (χ2n) is 5.66. The molecule has 0 aliphatic heterocycles. The van der Waals surface area contributed by atoms with Crippen LogP contribution in [0.5, 0.6) is 5.75 Å². The third-order valence-corrected chi connectivity index (χ3v) is 3.88. The number of halogens is 1. The molecule has 1 aromatic carbocycles. The van der Waals surface area contributed by atoms with Crippen LogP contribution in [0.15, 0.2) is 24.3 Å². The molecule has 2 rings (SSSR count). The number of nitrogens with one attached hydrogen (secondary N) is 1. The van der Waals surface area contributed by atoms with Crippen LogP contribution in [0.3, 0.4) is 0 Å². The van der Waals surface area contributed by atoms with E-state index in [-0.39, 0.29) is 19.8 Å². The molecule has 0 amide bonds. The van der Waals surface area contributed by atoms with E-state index in [4.69, 9.17) is 0 Å². The number of quaternary nitrogens is 1. The van der Waals surface area contributed by atoms with Crippen molar-refractivity contribution in [1.29, 1.82) is 0 Å². The van der Waals surface area contributed by atoms with Crippen molar-refractivity contribution < 1.29 is 10.0 Å². The Bertz CT molecular complexity index is 368. The fraction of sp³-hybridized carbons (Fsp3) is 0.625. The topological polar surface area (TPSA) is 24.7 Å². The zero-order valence-corrected chi connectivity index (χ0v) is 12.2. The predicted molar refractivity (Wildman–Crippen MR) is 84.5 cm³/mol. The smallest absolute Gasteiger partial charge is 0.115 e. The minimum absolute atomic E-state index is 0. The molecule has 0 radical (unpaired) electrons. The number of phenolic OH excluding ortho intramolecular Hbond substituents is 1. The molecule has 1 fully saturated rings. The molecular formula is C16H29ClNO+. The van der Waals surface area contributed by atoms with Gasteiger partial charge >= 0.3 is 0 Å². The minimum atomic E-state index is 0. The van der Waals surface area contributed by atoms with Crippen LogP contribution in [0.25, 0.3) is 0 Å². The van der Waals surface area contributed by atoms with Crippen molar-refractivity contribution in [3.63, 3.8) is 0 Å². The van der Waals surface area contributed by atoms with Gasteiger partial charge in [0.2, 0.25) is 0 Å². The van der Waals surface area contributed by atoms with E-state index in [0.717, 1.165) is 5.92 Å². The Morgan fingerprint density at radius 2 is 1.89 bits per heavy atom. The lowest BCUT2D eigenvalue weighted by Crippen LogP contribution is -3.06. The highest BCUT2D eigenvalue weighted by Gasteiger charge is 2.28. The third kappa shape index (κ3) is 5.04. The maximum Gasteiger partial charge on any atom is 0.115 e. The van der Waals surface area contributed by atoms with Gasteiger partial charge in [0.15, 0.2) is 0 Å². The molecule has 1 aliphatic carbocycles. The van der Waals surface area contributed by atoms with Gasteiger partial charge in [-0.25, -0.2) is 0 Å². The maximum absolute atomic E-state index is 9.61. The number of phenols is 1.